The third-order valence-electron chi connectivity index (χ3n) is 4.04. The Labute approximate surface area is 87.6 Å². The van der Waals surface area contributed by atoms with E-state index in [0.717, 1.165) is 18.5 Å². The van der Waals surface area contributed by atoms with E-state index in [0.29, 0.717) is 0 Å². The predicted octanol–water partition coefficient (Wildman–Crippen LogP) is 2.04. The second-order valence-electron chi connectivity index (χ2n) is 5.57. The maximum atomic E-state index is 6.31. The minimum Gasteiger partial charge on any atom is -0.324 e. The van der Waals surface area contributed by atoms with Crippen LogP contribution in [0.15, 0.2) is 0 Å². The van der Waals surface area contributed by atoms with Crippen molar-refractivity contribution in [1.82, 2.24) is 5.32 Å². The van der Waals surface area contributed by atoms with Gasteiger partial charge in [-0.2, -0.15) is 0 Å². The van der Waals surface area contributed by atoms with Crippen molar-refractivity contribution < 1.29 is 0 Å². The van der Waals surface area contributed by atoms with Crippen LogP contribution in [0, 0.1) is 5.92 Å². The molecule has 82 valence electrons. The van der Waals surface area contributed by atoms with Crippen LogP contribution in [0.25, 0.3) is 0 Å². The summed E-state index contributed by atoms with van der Waals surface area (Å²) in [5, 5.41) is 3.67. The minimum atomic E-state index is 0.131. The molecule has 2 aliphatic rings. The van der Waals surface area contributed by atoms with Gasteiger partial charge < -0.3 is 11.1 Å². The average Bonchev–Trinajstić information content (AvgIpc) is 2.73. The Hall–Kier alpha value is -0.0800. The zero-order valence-electron chi connectivity index (χ0n) is 9.39. The molecule has 3 N–H and O–H groups in total. The van der Waals surface area contributed by atoms with E-state index >= 15 is 0 Å². The molecule has 14 heavy (non-hydrogen) atoms. The highest BCUT2D eigenvalue weighted by molar-refractivity contribution is 4.92. The van der Waals surface area contributed by atoms with Gasteiger partial charge in [-0.05, 0) is 38.0 Å². The van der Waals surface area contributed by atoms with E-state index in [9.17, 15) is 0 Å². The topological polar surface area (TPSA) is 38.0 Å². The maximum absolute atomic E-state index is 6.31. The van der Waals surface area contributed by atoms with Crippen molar-refractivity contribution in [3.8, 4) is 0 Å². The number of rotatable bonds is 3. The van der Waals surface area contributed by atoms with Gasteiger partial charge in [0.2, 0.25) is 0 Å². The predicted molar refractivity (Wildman–Crippen MR) is 60.2 cm³/mol. The lowest BCUT2D eigenvalue weighted by Crippen LogP contribution is -2.48. The Morgan fingerprint density at radius 3 is 2.57 bits per heavy atom. The molecule has 0 saturated heterocycles. The van der Waals surface area contributed by atoms with Crippen molar-refractivity contribution in [1.29, 1.82) is 0 Å². The zero-order chi connectivity index (χ0) is 10.0. The summed E-state index contributed by atoms with van der Waals surface area (Å²) in [6.45, 7) is 3.40. The zero-order valence-corrected chi connectivity index (χ0v) is 9.39. The SMILES string of the molecule is CC1CCC(NCC2(N)CCCC2)C1. The van der Waals surface area contributed by atoms with E-state index in [1.807, 2.05) is 0 Å². The van der Waals surface area contributed by atoms with Crippen LogP contribution in [0.2, 0.25) is 0 Å². The van der Waals surface area contributed by atoms with Gasteiger partial charge in [-0.15, -0.1) is 0 Å². The monoisotopic (exact) mass is 196 g/mol. The molecule has 2 saturated carbocycles. The smallest absolute Gasteiger partial charge is 0.0280 e. The second kappa shape index (κ2) is 4.19. The minimum absolute atomic E-state index is 0.131. The Morgan fingerprint density at radius 1 is 1.29 bits per heavy atom. The van der Waals surface area contributed by atoms with Crippen LogP contribution in [0.1, 0.15) is 51.9 Å². The van der Waals surface area contributed by atoms with Gasteiger partial charge in [-0.1, -0.05) is 19.8 Å². The number of hydrogen-bond donors (Lipinski definition) is 2. The first-order valence-corrected chi connectivity index (χ1v) is 6.20. The Balaban J connectivity index is 1.71. The van der Waals surface area contributed by atoms with Crippen molar-refractivity contribution in [3.05, 3.63) is 0 Å². The fourth-order valence-electron chi connectivity index (χ4n) is 3.00. The van der Waals surface area contributed by atoms with Gasteiger partial charge in [0.05, 0.1) is 0 Å². The summed E-state index contributed by atoms with van der Waals surface area (Å²) in [5.41, 5.74) is 6.44. The van der Waals surface area contributed by atoms with Crippen molar-refractivity contribution in [2.45, 2.75) is 63.5 Å². The van der Waals surface area contributed by atoms with Crippen LogP contribution in [0.5, 0.6) is 0 Å². The largest absolute Gasteiger partial charge is 0.324 e. The van der Waals surface area contributed by atoms with Crippen LogP contribution in [0.4, 0.5) is 0 Å². The van der Waals surface area contributed by atoms with Crippen LogP contribution in [-0.2, 0) is 0 Å². The summed E-state index contributed by atoms with van der Waals surface area (Å²) in [6.07, 6.45) is 9.23. The van der Waals surface area contributed by atoms with E-state index < -0.39 is 0 Å². The van der Waals surface area contributed by atoms with Crippen LogP contribution in [-0.4, -0.2) is 18.1 Å². The van der Waals surface area contributed by atoms with Gasteiger partial charge in [0.1, 0.15) is 0 Å². The molecule has 2 atom stereocenters. The summed E-state index contributed by atoms with van der Waals surface area (Å²) < 4.78 is 0. The van der Waals surface area contributed by atoms with Gasteiger partial charge in [0.15, 0.2) is 0 Å². The summed E-state index contributed by atoms with van der Waals surface area (Å²) in [7, 11) is 0. The Kier molecular flexibility index (Phi) is 3.13. The molecule has 2 unspecified atom stereocenters. The normalized spacial score (nSPS) is 36.4. The molecular formula is C12H24N2. The number of hydrogen-bond acceptors (Lipinski definition) is 2. The van der Waals surface area contributed by atoms with E-state index in [4.69, 9.17) is 5.73 Å². The standard InChI is InChI=1S/C12H24N2/c1-10-4-5-11(8-10)14-9-12(13)6-2-3-7-12/h10-11,14H,2-9,13H2,1H3. The Morgan fingerprint density at radius 2 is 2.00 bits per heavy atom. The van der Waals surface area contributed by atoms with E-state index in [2.05, 4.69) is 12.2 Å². The summed E-state index contributed by atoms with van der Waals surface area (Å²) in [6, 6.07) is 0.756. The lowest BCUT2D eigenvalue weighted by Gasteiger charge is -2.26. The molecule has 0 aromatic heterocycles. The molecule has 0 aromatic rings. The number of nitrogens with one attached hydrogen (secondary N) is 1. The van der Waals surface area contributed by atoms with Crippen molar-refractivity contribution in [3.63, 3.8) is 0 Å². The van der Waals surface area contributed by atoms with Crippen molar-refractivity contribution in [2.75, 3.05) is 6.54 Å². The summed E-state index contributed by atoms with van der Waals surface area (Å²) in [5.74, 6) is 0.921. The molecule has 2 heteroatoms. The van der Waals surface area contributed by atoms with E-state index in [1.54, 1.807) is 0 Å². The summed E-state index contributed by atoms with van der Waals surface area (Å²) >= 11 is 0. The third-order valence-corrected chi connectivity index (χ3v) is 4.04. The van der Waals surface area contributed by atoms with Gasteiger partial charge in [0, 0.05) is 18.1 Å². The van der Waals surface area contributed by atoms with E-state index in [-0.39, 0.29) is 5.54 Å². The lowest BCUT2D eigenvalue weighted by atomic mass is 9.99. The molecule has 0 heterocycles. The Bertz CT molecular complexity index is 185. The van der Waals surface area contributed by atoms with Gasteiger partial charge in [-0.3, -0.25) is 0 Å². The molecule has 2 fully saturated rings. The quantitative estimate of drug-likeness (QED) is 0.725. The molecule has 2 nitrogen and oxygen atoms in total. The molecule has 0 bridgehead atoms. The first-order chi connectivity index (χ1) is 6.68. The lowest BCUT2D eigenvalue weighted by molar-refractivity contribution is 0.371. The molecule has 0 aliphatic heterocycles. The van der Waals surface area contributed by atoms with Crippen LogP contribution >= 0.6 is 0 Å². The molecular weight excluding hydrogens is 172 g/mol. The second-order valence-corrected chi connectivity index (χ2v) is 5.57. The van der Waals surface area contributed by atoms with Crippen LogP contribution in [0.3, 0.4) is 0 Å². The molecule has 0 spiro atoms. The van der Waals surface area contributed by atoms with Crippen molar-refractivity contribution in [2.24, 2.45) is 11.7 Å². The molecule has 0 amide bonds. The van der Waals surface area contributed by atoms with Gasteiger partial charge in [-0.25, -0.2) is 0 Å². The van der Waals surface area contributed by atoms with E-state index in [1.165, 1.54) is 44.9 Å². The third kappa shape index (κ3) is 2.48. The first kappa shape index (κ1) is 10.4. The maximum Gasteiger partial charge on any atom is 0.0280 e. The fourth-order valence-corrected chi connectivity index (χ4v) is 3.00. The molecule has 0 aromatic carbocycles. The summed E-state index contributed by atoms with van der Waals surface area (Å²) in [4.78, 5) is 0. The molecule has 2 rings (SSSR count). The average molecular weight is 196 g/mol. The highest BCUT2D eigenvalue weighted by atomic mass is 15.0. The van der Waals surface area contributed by atoms with Crippen LogP contribution < -0.4 is 11.1 Å². The first-order valence-electron chi connectivity index (χ1n) is 6.20. The highest BCUT2D eigenvalue weighted by Crippen LogP contribution is 2.28. The highest BCUT2D eigenvalue weighted by Gasteiger charge is 2.30. The molecule has 0 radical (unpaired) electrons. The van der Waals surface area contributed by atoms with Gasteiger partial charge in [0.25, 0.3) is 0 Å². The number of nitrogens with two attached hydrogens (primary N) is 1. The fraction of sp³-hybridized carbons (Fsp3) is 1.00. The van der Waals surface area contributed by atoms with Gasteiger partial charge >= 0.3 is 0 Å². The van der Waals surface area contributed by atoms with Crippen molar-refractivity contribution >= 4 is 0 Å². The molecule has 2 aliphatic carbocycles.